The quantitative estimate of drug-likeness (QED) is 0.839. The van der Waals surface area contributed by atoms with Crippen LogP contribution in [0, 0.1) is 45.7 Å². The van der Waals surface area contributed by atoms with E-state index in [4.69, 9.17) is 10.0 Å². The molecule has 17 heavy (non-hydrogen) atoms. The molecule has 1 N–H and O–H groups in total. The van der Waals surface area contributed by atoms with Crippen LogP contribution in [0.3, 0.4) is 0 Å². The largest absolute Gasteiger partial charge is 0.252 e. The highest BCUT2D eigenvalue weighted by molar-refractivity contribution is 7.92. The zero-order valence-corrected chi connectivity index (χ0v) is 10.9. The summed E-state index contributed by atoms with van der Waals surface area (Å²) in [7, 11) is -2.64. The molecule has 4 bridgehead atoms. The number of hydrogen-bond donors (Lipinski definition) is 1. The molecule has 0 aromatic heterocycles. The molecule has 4 aliphatic rings. The highest BCUT2D eigenvalue weighted by atomic mass is 32.2. The zero-order valence-electron chi connectivity index (χ0n) is 10.1. The molecule has 4 heteroatoms. The summed E-state index contributed by atoms with van der Waals surface area (Å²) in [5.74, 6) is 4.19. The summed E-state index contributed by atoms with van der Waals surface area (Å²) >= 11 is 0. The van der Waals surface area contributed by atoms with E-state index >= 15 is 0 Å². The second-order valence-electron chi connectivity index (χ2n) is 6.38. The molecule has 0 radical (unpaired) electrons. The topological polar surface area (TPSA) is 64.7 Å². The van der Waals surface area contributed by atoms with Crippen LogP contribution in [0.2, 0.25) is 0 Å². The predicted molar refractivity (Wildman–Crippen MR) is 66.7 cm³/mol. The van der Waals surface area contributed by atoms with Gasteiger partial charge in [-0.15, -0.1) is 0 Å². The van der Waals surface area contributed by atoms with Gasteiger partial charge in [0.1, 0.15) is 5.75 Å². The smallest absolute Gasteiger partial charge is 0.119 e. The van der Waals surface area contributed by atoms with Gasteiger partial charge in [-0.3, -0.25) is 4.78 Å². The highest BCUT2D eigenvalue weighted by Gasteiger charge is 2.48. The molecule has 94 valence electrons. The van der Waals surface area contributed by atoms with Gasteiger partial charge >= 0.3 is 0 Å². The van der Waals surface area contributed by atoms with Crippen LogP contribution in [0.5, 0.6) is 0 Å². The lowest BCUT2D eigenvalue weighted by molar-refractivity contribution is -0.0266. The molecule has 4 fully saturated rings. The van der Waals surface area contributed by atoms with Crippen molar-refractivity contribution in [2.24, 2.45) is 29.6 Å². The Morgan fingerprint density at radius 3 is 2.12 bits per heavy atom. The van der Waals surface area contributed by atoms with Crippen molar-refractivity contribution in [3.05, 3.63) is 0 Å². The van der Waals surface area contributed by atoms with Crippen LogP contribution in [0.25, 0.3) is 0 Å². The average Bonchev–Trinajstić information content (AvgIpc) is 2.22. The Morgan fingerprint density at radius 1 is 1.12 bits per heavy atom. The minimum Gasteiger partial charge on any atom is -0.252 e. The van der Waals surface area contributed by atoms with Crippen LogP contribution in [-0.2, 0) is 9.73 Å². The molecule has 0 heterocycles. The monoisotopic (exact) mass is 252 g/mol. The maximum absolute atomic E-state index is 12.0. The minimum absolute atomic E-state index is 0.0736. The Labute approximate surface area is 104 Å². The van der Waals surface area contributed by atoms with Gasteiger partial charge in [0, 0.05) is 5.75 Å². The molecule has 1 atom stereocenters. The number of nitriles is 1. The number of nitrogens with one attached hydrogen (secondary N) is 1. The van der Waals surface area contributed by atoms with Crippen molar-refractivity contribution >= 4 is 9.73 Å². The lowest BCUT2D eigenvalue weighted by Gasteiger charge is -2.54. The molecule has 0 aliphatic heterocycles. The van der Waals surface area contributed by atoms with E-state index in [0.717, 1.165) is 23.7 Å². The third-order valence-corrected chi connectivity index (χ3v) is 6.70. The van der Waals surface area contributed by atoms with E-state index in [2.05, 4.69) is 0 Å². The summed E-state index contributed by atoms with van der Waals surface area (Å²) in [6, 6.07) is 1.92. The molecule has 4 saturated carbocycles. The standard InChI is InChI=1S/C13H20N2OS/c14-1-2-17(15,16)8-13-11-4-9-3-10(6-11)7-12(13)5-9/h9-13,15H,2-8H2. The lowest BCUT2D eigenvalue weighted by Crippen LogP contribution is -2.47. The third-order valence-electron chi connectivity index (χ3n) is 5.18. The molecule has 0 amide bonds. The summed E-state index contributed by atoms with van der Waals surface area (Å²) in [6.45, 7) is 0. The Hall–Kier alpha value is -0.560. The SMILES string of the molecule is N#CCS(=N)(=O)CC1C2CC3CC(C2)CC1C3. The Balaban J connectivity index is 1.75. The predicted octanol–water partition coefficient (Wildman–Crippen LogP) is 2.63. The van der Waals surface area contributed by atoms with Crippen LogP contribution in [-0.4, -0.2) is 15.7 Å². The second-order valence-corrected chi connectivity index (χ2v) is 8.62. The third kappa shape index (κ3) is 2.10. The first-order valence-electron chi connectivity index (χ1n) is 6.68. The van der Waals surface area contributed by atoms with Gasteiger partial charge in [-0.25, -0.2) is 4.21 Å². The van der Waals surface area contributed by atoms with Crippen LogP contribution in [0.1, 0.15) is 32.1 Å². The van der Waals surface area contributed by atoms with Crippen LogP contribution in [0.15, 0.2) is 0 Å². The fourth-order valence-electron chi connectivity index (χ4n) is 4.78. The number of hydrogen-bond acceptors (Lipinski definition) is 3. The van der Waals surface area contributed by atoms with Gasteiger partial charge in [-0.1, -0.05) is 0 Å². The van der Waals surface area contributed by atoms with Crippen LogP contribution >= 0.6 is 0 Å². The van der Waals surface area contributed by atoms with Crippen LogP contribution in [0.4, 0.5) is 0 Å². The van der Waals surface area contributed by atoms with Crippen molar-refractivity contribution in [2.75, 3.05) is 11.5 Å². The van der Waals surface area contributed by atoms with E-state index in [1.807, 2.05) is 6.07 Å². The fourth-order valence-corrected chi connectivity index (χ4v) is 6.28. The number of nitrogens with zero attached hydrogens (tertiary/aromatic N) is 1. The van der Waals surface area contributed by atoms with Crippen molar-refractivity contribution in [3.8, 4) is 6.07 Å². The molecule has 4 aliphatic carbocycles. The van der Waals surface area contributed by atoms with E-state index in [9.17, 15) is 4.21 Å². The van der Waals surface area contributed by atoms with Crippen LogP contribution < -0.4 is 0 Å². The average molecular weight is 252 g/mol. The number of rotatable bonds is 3. The van der Waals surface area contributed by atoms with E-state index in [1.54, 1.807) is 0 Å². The zero-order chi connectivity index (χ0) is 12.0. The first-order chi connectivity index (χ1) is 8.07. The van der Waals surface area contributed by atoms with Crippen molar-refractivity contribution in [1.82, 2.24) is 0 Å². The van der Waals surface area contributed by atoms with Crippen molar-refractivity contribution in [3.63, 3.8) is 0 Å². The minimum atomic E-state index is -2.64. The van der Waals surface area contributed by atoms with Gasteiger partial charge in [-0.2, -0.15) is 5.26 Å². The first kappa shape index (κ1) is 11.5. The Kier molecular flexibility index (Phi) is 2.70. The molecule has 1 unspecified atom stereocenters. The van der Waals surface area contributed by atoms with Gasteiger partial charge in [0.25, 0.3) is 0 Å². The normalized spacial score (nSPS) is 46.4. The van der Waals surface area contributed by atoms with Gasteiger partial charge in [-0.05, 0) is 61.7 Å². The Morgan fingerprint density at radius 2 is 1.65 bits per heavy atom. The summed E-state index contributed by atoms with van der Waals surface area (Å²) in [5, 5.41) is 8.63. The van der Waals surface area contributed by atoms with Gasteiger partial charge in [0.15, 0.2) is 0 Å². The second kappa shape index (κ2) is 3.98. The van der Waals surface area contributed by atoms with E-state index in [0.29, 0.717) is 11.7 Å². The summed E-state index contributed by atoms with van der Waals surface area (Å²) < 4.78 is 19.8. The van der Waals surface area contributed by atoms with Gasteiger partial charge in [0.05, 0.1) is 15.8 Å². The van der Waals surface area contributed by atoms with E-state index in [-0.39, 0.29) is 5.75 Å². The van der Waals surface area contributed by atoms with Gasteiger partial charge in [0.2, 0.25) is 0 Å². The molecule has 0 aromatic rings. The molecular formula is C13H20N2OS. The summed E-state index contributed by atoms with van der Waals surface area (Å²) in [5.41, 5.74) is 0. The summed E-state index contributed by atoms with van der Waals surface area (Å²) in [4.78, 5) is 0. The maximum Gasteiger partial charge on any atom is 0.119 e. The summed E-state index contributed by atoms with van der Waals surface area (Å²) in [6.07, 6.45) is 6.65. The fraction of sp³-hybridized carbons (Fsp3) is 0.923. The molecule has 3 nitrogen and oxygen atoms in total. The maximum atomic E-state index is 12.0. The molecular weight excluding hydrogens is 232 g/mol. The van der Waals surface area contributed by atoms with Crippen molar-refractivity contribution in [1.29, 1.82) is 10.0 Å². The molecule has 0 saturated heterocycles. The molecule has 4 rings (SSSR count). The lowest BCUT2D eigenvalue weighted by atomic mass is 9.52. The highest BCUT2D eigenvalue weighted by Crippen LogP contribution is 2.56. The first-order valence-corrected chi connectivity index (χ1v) is 8.58. The molecule has 0 aromatic carbocycles. The van der Waals surface area contributed by atoms with E-state index in [1.165, 1.54) is 32.1 Å². The van der Waals surface area contributed by atoms with Crippen molar-refractivity contribution in [2.45, 2.75) is 32.1 Å². The van der Waals surface area contributed by atoms with Crippen molar-refractivity contribution < 1.29 is 4.21 Å². The molecule has 0 spiro atoms. The Bertz CT molecular complexity index is 421. The van der Waals surface area contributed by atoms with E-state index < -0.39 is 9.73 Å². The van der Waals surface area contributed by atoms with Gasteiger partial charge < -0.3 is 0 Å².